The molecule has 2 heteroatoms. The predicted molar refractivity (Wildman–Crippen MR) is 359 cm³/mol. The Hall–Kier alpha value is -9.76. The van der Waals surface area contributed by atoms with E-state index in [1.165, 1.54) is 70.2 Å². The van der Waals surface area contributed by atoms with Crippen molar-refractivity contribution in [3.05, 3.63) is 334 Å². The molecular weight excluding hydrogens is 989 g/mol. The Morgan fingerprint density at radius 1 is 0.220 bits per heavy atom. The summed E-state index contributed by atoms with van der Waals surface area (Å²) in [5.41, 5.74) is 21.1. The van der Waals surface area contributed by atoms with Crippen molar-refractivity contribution in [3.63, 3.8) is 0 Å². The summed E-state index contributed by atoms with van der Waals surface area (Å²) >= 11 is 0. The van der Waals surface area contributed by atoms with E-state index in [0.29, 0.717) is 0 Å². The number of anilines is 6. The van der Waals surface area contributed by atoms with E-state index in [-0.39, 0.29) is 0 Å². The van der Waals surface area contributed by atoms with E-state index in [0.717, 1.165) is 69.2 Å². The number of nitrogens with zero attached hydrogens (tertiary/aromatic N) is 2. The fraction of sp³-hybridized carbons (Fsp3) is 0.100. The van der Waals surface area contributed by atoms with Gasteiger partial charge in [0.1, 0.15) is 0 Å². The van der Waals surface area contributed by atoms with E-state index >= 15 is 0 Å². The minimum Gasteiger partial charge on any atom is -0.311 e. The Balaban J connectivity index is 0.800. The number of benzene rings is 10. The van der Waals surface area contributed by atoms with Crippen LogP contribution in [0.15, 0.2) is 267 Å². The summed E-state index contributed by atoms with van der Waals surface area (Å²) in [4.78, 5) is 4.69. The lowest BCUT2D eigenvalue weighted by molar-refractivity contribution is 0.795. The zero-order chi connectivity index (χ0) is 56.0. The molecule has 0 saturated heterocycles. The van der Waals surface area contributed by atoms with Crippen LogP contribution in [0.4, 0.5) is 34.1 Å². The first-order valence-corrected chi connectivity index (χ1v) is 29.1. The Labute approximate surface area is 488 Å². The van der Waals surface area contributed by atoms with Crippen LogP contribution in [0.1, 0.15) is 106 Å². The van der Waals surface area contributed by atoms with Crippen LogP contribution >= 0.6 is 0 Å². The lowest BCUT2D eigenvalue weighted by Crippen LogP contribution is -2.10. The van der Waals surface area contributed by atoms with Crippen LogP contribution in [0.3, 0.4) is 0 Å². The summed E-state index contributed by atoms with van der Waals surface area (Å²) in [5.74, 6) is 0. The highest BCUT2D eigenvalue weighted by Crippen LogP contribution is 2.37. The van der Waals surface area contributed by atoms with Gasteiger partial charge in [-0.15, -0.1) is 0 Å². The summed E-state index contributed by atoms with van der Waals surface area (Å²) in [6, 6.07) is 91.8. The minimum atomic E-state index is 1.10. The maximum atomic E-state index is 2.35. The summed E-state index contributed by atoms with van der Waals surface area (Å²) in [7, 11) is 0. The average molecular weight is 1060 g/mol. The topological polar surface area (TPSA) is 6.48 Å². The molecule has 0 unspecified atom stereocenters. The van der Waals surface area contributed by atoms with Crippen LogP contribution in [0.2, 0.25) is 0 Å². The highest BCUT2D eigenvalue weighted by molar-refractivity contribution is 5.81. The quantitative estimate of drug-likeness (QED) is 0.0465. The van der Waals surface area contributed by atoms with Gasteiger partial charge in [-0.3, -0.25) is 0 Å². The van der Waals surface area contributed by atoms with Crippen LogP contribution in [0.25, 0.3) is 60.8 Å². The molecule has 2 nitrogen and oxygen atoms in total. The molecule has 0 heterocycles. The molecule has 0 aliphatic rings. The van der Waals surface area contributed by atoms with E-state index < -0.39 is 0 Å². The van der Waals surface area contributed by atoms with E-state index in [1.54, 1.807) is 0 Å². The molecule has 402 valence electrons. The number of hydrogen-bond acceptors (Lipinski definition) is 2. The smallest absolute Gasteiger partial charge is 0.0462 e. The maximum absolute atomic E-state index is 2.35. The van der Waals surface area contributed by atoms with Gasteiger partial charge in [-0.25, -0.2) is 0 Å². The normalized spacial score (nSPS) is 11.8. The fourth-order valence-electron chi connectivity index (χ4n) is 9.89. The predicted octanol–water partition coefficient (Wildman–Crippen LogP) is 22.7. The molecule has 82 heavy (non-hydrogen) atoms. The van der Waals surface area contributed by atoms with Gasteiger partial charge in [-0.05, 0) is 165 Å². The number of rotatable bonds is 23. The van der Waals surface area contributed by atoms with Crippen molar-refractivity contribution in [3.8, 4) is 0 Å². The molecule has 0 aliphatic heterocycles. The molecule has 0 amide bonds. The van der Waals surface area contributed by atoms with Crippen molar-refractivity contribution in [2.24, 2.45) is 0 Å². The lowest BCUT2D eigenvalue weighted by atomic mass is 10.1. The minimum absolute atomic E-state index is 1.10. The zero-order valence-electron chi connectivity index (χ0n) is 47.3. The second-order valence-electron chi connectivity index (χ2n) is 20.8. The van der Waals surface area contributed by atoms with Gasteiger partial charge < -0.3 is 9.80 Å². The summed E-state index contributed by atoms with van der Waals surface area (Å²) < 4.78 is 0. The van der Waals surface area contributed by atoms with Gasteiger partial charge in [0.05, 0.1) is 0 Å². The molecule has 0 radical (unpaired) electrons. The Morgan fingerprint density at radius 2 is 0.415 bits per heavy atom. The molecule has 10 aromatic carbocycles. The van der Waals surface area contributed by atoms with E-state index in [1.807, 2.05) is 12.1 Å². The SMILES string of the molecule is CCCCc1ccc(N(c2ccc(/C=C/C=C/c3ccc(N(c4ccc(/C=C/c5ccc(/C=C/c6ccccc6)cc5)cc4)c4ccc(CCCC)cc4)cc3)cc2)c2ccc(/C=C/c3ccc(/C=C/c4ccccc4)cc3)cc2)cc1. The van der Waals surface area contributed by atoms with Gasteiger partial charge >= 0.3 is 0 Å². The van der Waals surface area contributed by atoms with Crippen molar-refractivity contribution in [2.75, 3.05) is 9.80 Å². The van der Waals surface area contributed by atoms with Crippen molar-refractivity contribution in [1.29, 1.82) is 0 Å². The Morgan fingerprint density at radius 3 is 0.646 bits per heavy atom. The van der Waals surface area contributed by atoms with Crippen LogP contribution in [0.5, 0.6) is 0 Å². The number of allylic oxidation sites excluding steroid dienone is 2. The van der Waals surface area contributed by atoms with Crippen molar-refractivity contribution < 1.29 is 0 Å². The lowest BCUT2D eigenvalue weighted by Gasteiger charge is -2.26. The number of hydrogen-bond donors (Lipinski definition) is 0. The summed E-state index contributed by atoms with van der Waals surface area (Å²) in [6.45, 7) is 4.50. The molecule has 0 aliphatic carbocycles. The highest BCUT2D eigenvalue weighted by atomic mass is 15.1. The van der Waals surface area contributed by atoms with Crippen molar-refractivity contribution >= 4 is 94.9 Å². The third-order valence-electron chi connectivity index (χ3n) is 14.7. The van der Waals surface area contributed by atoms with Crippen LogP contribution in [-0.4, -0.2) is 0 Å². The first-order chi connectivity index (χ1) is 40.5. The molecule has 10 rings (SSSR count). The second-order valence-corrected chi connectivity index (χ2v) is 20.8. The fourth-order valence-corrected chi connectivity index (χ4v) is 9.89. The highest BCUT2D eigenvalue weighted by Gasteiger charge is 2.15. The number of unbranched alkanes of at least 4 members (excludes halogenated alkanes) is 2. The maximum Gasteiger partial charge on any atom is 0.0462 e. The third-order valence-corrected chi connectivity index (χ3v) is 14.7. The Kier molecular flexibility index (Phi) is 19.6. The molecule has 0 N–H and O–H groups in total. The molecule has 0 saturated carbocycles. The van der Waals surface area contributed by atoms with Gasteiger partial charge in [0, 0.05) is 34.1 Å². The third kappa shape index (κ3) is 16.0. The molecule has 0 spiro atoms. The Bertz CT molecular complexity index is 3460. The van der Waals surface area contributed by atoms with E-state index in [4.69, 9.17) is 0 Å². The van der Waals surface area contributed by atoms with Gasteiger partial charge in [0.2, 0.25) is 0 Å². The number of aryl methyl sites for hydroxylation is 2. The molecule has 0 fully saturated rings. The first kappa shape index (κ1) is 55.6. The van der Waals surface area contributed by atoms with Crippen molar-refractivity contribution in [2.45, 2.75) is 52.4 Å². The van der Waals surface area contributed by atoms with Gasteiger partial charge in [-0.2, -0.15) is 0 Å². The first-order valence-electron chi connectivity index (χ1n) is 29.1. The molecule has 10 aromatic rings. The monoisotopic (exact) mass is 1060 g/mol. The second kappa shape index (κ2) is 28.9. The average Bonchev–Trinajstić information content (AvgIpc) is 3.59. The van der Waals surface area contributed by atoms with Crippen LogP contribution in [-0.2, 0) is 12.8 Å². The van der Waals surface area contributed by atoms with Crippen LogP contribution in [0, 0.1) is 0 Å². The standard InChI is InChI=1S/C80H72N2/c1-3-5-15-65-39-51-75(52-40-65)81(79-59-47-73(48-60-79)37-35-71-31-27-69(28-32-71)25-23-63-17-9-7-10-18-63)77-55-43-67(44-56-77)21-13-14-22-68-45-57-78(58-46-68)82(76-53-41-66(42-54-76)16-6-4-2)80-61-49-74(50-62-80)38-36-72-33-29-70(30-34-72)26-24-64-19-11-8-12-20-64/h7-14,17-62H,3-6,15-16H2,1-2H3/b21-13+,22-14+,25-23+,26-24+,37-35+,38-36+. The largest absolute Gasteiger partial charge is 0.311 e. The van der Waals surface area contributed by atoms with Gasteiger partial charge in [0.15, 0.2) is 0 Å². The zero-order valence-corrected chi connectivity index (χ0v) is 47.3. The summed E-state index contributed by atoms with van der Waals surface area (Å²) in [6.07, 6.45) is 32.9. The van der Waals surface area contributed by atoms with Crippen molar-refractivity contribution in [1.82, 2.24) is 0 Å². The van der Waals surface area contributed by atoms with Gasteiger partial charge in [0.25, 0.3) is 0 Å². The molecular formula is C80H72N2. The molecule has 0 atom stereocenters. The van der Waals surface area contributed by atoms with Crippen LogP contribution < -0.4 is 9.80 Å². The molecule has 0 aromatic heterocycles. The summed E-state index contributed by atoms with van der Waals surface area (Å²) in [5, 5.41) is 0. The van der Waals surface area contributed by atoms with E-state index in [2.05, 4.69) is 339 Å². The van der Waals surface area contributed by atoms with Gasteiger partial charge in [-0.1, -0.05) is 282 Å². The molecule has 0 bridgehead atoms. The van der Waals surface area contributed by atoms with E-state index in [9.17, 15) is 0 Å².